The van der Waals surface area contributed by atoms with Gasteiger partial charge in [-0.3, -0.25) is 4.79 Å². The molecule has 0 amide bonds. The largest absolute Gasteiger partial charge is 0.493 e. The Labute approximate surface area is 120 Å². The molecule has 0 radical (unpaired) electrons. The van der Waals surface area contributed by atoms with Crippen LogP contribution in [0.4, 0.5) is 0 Å². The summed E-state index contributed by atoms with van der Waals surface area (Å²) in [5.74, 6) is 0.811. The Balaban J connectivity index is 2.64. The van der Waals surface area contributed by atoms with E-state index in [0.717, 1.165) is 18.4 Å². The van der Waals surface area contributed by atoms with Gasteiger partial charge in [0.1, 0.15) is 0 Å². The molecule has 3 heteroatoms. The topological polar surface area (TPSA) is 35.5 Å². The molecule has 0 saturated carbocycles. The van der Waals surface area contributed by atoms with Crippen molar-refractivity contribution in [2.24, 2.45) is 0 Å². The van der Waals surface area contributed by atoms with Gasteiger partial charge in [0.2, 0.25) is 0 Å². The standard InChI is InChI=1S/C17H22O3/c1-4-6-7-8-10-17(18)20-15-12-11-14(9-5-2)13-16(15)19-3/h4-6,9,11-13H,7-8,10H2,1-3H3/b6-4-,9-5+. The van der Waals surface area contributed by atoms with Gasteiger partial charge in [-0.25, -0.2) is 0 Å². The number of benzene rings is 1. The average Bonchev–Trinajstić information content (AvgIpc) is 2.45. The molecule has 1 aromatic rings. The van der Waals surface area contributed by atoms with Crippen molar-refractivity contribution in [3.05, 3.63) is 42.0 Å². The van der Waals surface area contributed by atoms with E-state index in [1.54, 1.807) is 13.2 Å². The third kappa shape index (κ3) is 5.31. The smallest absolute Gasteiger partial charge is 0.311 e. The van der Waals surface area contributed by atoms with Crippen molar-refractivity contribution in [2.75, 3.05) is 7.11 Å². The van der Waals surface area contributed by atoms with Crippen LogP contribution in [0.5, 0.6) is 11.5 Å². The van der Waals surface area contributed by atoms with Gasteiger partial charge in [-0.05, 0) is 44.4 Å². The van der Waals surface area contributed by atoms with Crippen LogP contribution in [-0.2, 0) is 4.79 Å². The van der Waals surface area contributed by atoms with Gasteiger partial charge in [0.25, 0.3) is 0 Å². The van der Waals surface area contributed by atoms with E-state index in [1.807, 2.05) is 50.3 Å². The van der Waals surface area contributed by atoms with Crippen molar-refractivity contribution in [3.63, 3.8) is 0 Å². The molecule has 0 spiro atoms. The summed E-state index contributed by atoms with van der Waals surface area (Å²) in [6, 6.07) is 5.51. The normalized spacial score (nSPS) is 11.2. The highest BCUT2D eigenvalue weighted by molar-refractivity contribution is 5.73. The molecule has 0 aliphatic carbocycles. The molecule has 0 aliphatic heterocycles. The van der Waals surface area contributed by atoms with E-state index >= 15 is 0 Å². The number of rotatable bonds is 7. The fourth-order valence-corrected chi connectivity index (χ4v) is 1.77. The van der Waals surface area contributed by atoms with Crippen LogP contribution in [0.25, 0.3) is 6.08 Å². The number of ether oxygens (including phenoxy) is 2. The first-order valence-corrected chi connectivity index (χ1v) is 6.83. The molecule has 0 saturated heterocycles. The van der Waals surface area contributed by atoms with Crippen LogP contribution < -0.4 is 9.47 Å². The van der Waals surface area contributed by atoms with E-state index in [0.29, 0.717) is 17.9 Å². The van der Waals surface area contributed by atoms with Crippen molar-refractivity contribution < 1.29 is 14.3 Å². The molecule has 0 N–H and O–H groups in total. The fraction of sp³-hybridized carbons (Fsp3) is 0.353. The highest BCUT2D eigenvalue weighted by atomic mass is 16.6. The minimum atomic E-state index is -0.230. The fourth-order valence-electron chi connectivity index (χ4n) is 1.77. The molecular formula is C17H22O3. The number of unbranched alkanes of at least 4 members (excludes halogenated alkanes) is 1. The second kappa shape index (κ2) is 8.97. The van der Waals surface area contributed by atoms with Crippen LogP contribution in [0.15, 0.2) is 36.4 Å². The van der Waals surface area contributed by atoms with E-state index < -0.39 is 0 Å². The Morgan fingerprint density at radius 3 is 2.65 bits per heavy atom. The van der Waals surface area contributed by atoms with Gasteiger partial charge in [0.15, 0.2) is 11.5 Å². The monoisotopic (exact) mass is 274 g/mol. The lowest BCUT2D eigenvalue weighted by molar-refractivity contribution is -0.134. The molecule has 3 nitrogen and oxygen atoms in total. The predicted octanol–water partition coefficient (Wildman–Crippen LogP) is 4.38. The van der Waals surface area contributed by atoms with Crippen LogP contribution in [0.1, 0.15) is 38.7 Å². The molecule has 0 atom stereocenters. The predicted molar refractivity (Wildman–Crippen MR) is 82.0 cm³/mol. The lowest BCUT2D eigenvalue weighted by Gasteiger charge is -2.09. The van der Waals surface area contributed by atoms with Crippen molar-refractivity contribution >= 4 is 12.0 Å². The average molecular weight is 274 g/mol. The van der Waals surface area contributed by atoms with E-state index in [-0.39, 0.29) is 5.97 Å². The van der Waals surface area contributed by atoms with Gasteiger partial charge in [0.05, 0.1) is 7.11 Å². The van der Waals surface area contributed by atoms with Gasteiger partial charge in [-0.15, -0.1) is 0 Å². The summed E-state index contributed by atoms with van der Waals surface area (Å²) in [4.78, 5) is 11.7. The van der Waals surface area contributed by atoms with E-state index in [4.69, 9.17) is 9.47 Å². The van der Waals surface area contributed by atoms with Crippen molar-refractivity contribution in [2.45, 2.75) is 33.1 Å². The quantitative estimate of drug-likeness (QED) is 0.320. The number of carbonyl (C=O) groups is 1. The first-order chi connectivity index (χ1) is 9.71. The first kappa shape index (κ1) is 16.0. The number of hydrogen-bond donors (Lipinski definition) is 0. The van der Waals surface area contributed by atoms with E-state index in [2.05, 4.69) is 0 Å². The second-order valence-electron chi connectivity index (χ2n) is 4.35. The van der Waals surface area contributed by atoms with E-state index in [9.17, 15) is 4.79 Å². The molecular weight excluding hydrogens is 252 g/mol. The zero-order valence-corrected chi connectivity index (χ0v) is 12.4. The Bertz CT molecular complexity index is 487. The van der Waals surface area contributed by atoms with Gasteiger partial charge in [-0.1, -0.05) is 30.4 Å². The number of carbonyl (C=O) groups excluding carboxylic acids is 1. The van der Waals surface area contributed by atoms with Gasteiger partial charge >= 0.3 is 5.97 Å². The Kier molecular flexibility index (Phi) is 7.18. The van der Waals surface area contributed by atoms with Crippen LogP contribution in [-0.4, -0.2) is 13.1 Å². The van der Waals surface area contributed by atoms with Gasteiger partial charge < -0.3 is 9.47 Å². The van der Waals surface area contributed by atoms with Gasteiger partial charge in [0, 0.05) is 6.42 Å². The summed E-state index contributed by atoms with van der Waals surface area (Å²) in [6.07, 6.45) is 10.0. The first-order valence-electron chi connectivity index (χ1n) is 6.83. The lowest BCUT2D eigenvalue weighted by atomic mass is 10.2. The summed E-state index contributed by atoms with van der Waals surface area (Å²) in [5.41, 5.74) is 1.01. The molecule has 1 rings (SSSR count). The molecule has 0 aromatic heterocycles. The number of allylic oxidation sites excluding steroid dienone is 3. The zero-order chi connectivity index (χ0) is 14.8. The number of methoxy groups -OCH3 is 1. The molecule has 0 aliphatic rings. The maximum absolute atomic E-state index is 11.7. The SMILES string of the molecule is C/C=C\CCCC(=O)Oc1ccc(/C=C/C)cc1OC. The van der Waals surface area contributed by atoms with E-state index in [1.165, 1.54) is 0 Å². The van der Waals surface area contributed by atoms with Crippen molar-refractivity contribution in [1.82, 2.24) is 0 Å². The van der Waals surface area contributed by atoms with Crippen LogP contribution in [0.2, 0.25) is 0 Å². The maximum Gasteiger partial charge on any atom is 0.311 e. The molecule has 0 unspecified atom stereocenters. The molecule has 0 heterocycles. The molecule has 0 bridgehead atoms. The minimum absolute atomic E-state index is 0.230. The summed E-state index contributed by atoms with van der Waals surface area (Å²) >= 11 is 0. The highest BCUT2D eigenvalue weighted by Gasteiger charge is 2.09. The Morgan fingerprint density at radius 1 is 1.20 bits per heavy atom. The summed E-state index contributed by atoms with van der Waals surface area (Å²) in [6.45, 7) is 3.92. The second-order valence-corrected chi connectivity index (χ2v) is 4.35. The molecule has 20 heavy (non-hydrogen) atoms. The number of hydrogen-bond acceptors (Lipinski definition) is 3. The summed E-state index contributed by atoms with van der Waals surface area (Å²) in [5, 5.41) is 0. The molecule has 0 fully saturated rings. The zero-order valence-electron chi connectivity index (χ0n) is 12.4. The van der Waals surface area contributed by atoms with Crippen LogP contribution in [0, 0.1) is 0 Å². The van der Waals surface area contributed by atoms with Crippen molar-refractivity contribution in [1.29, 1.82) is 0 Å². The lowest BCUT2D eigenvalue weighted by Crippen LogP contribution is -2.08. The highest BCUT2D eigenvalue weighted by Crippen LogP contribution is 2.29. The third-order valence-corrected chi connectivity index (χ3v) is 2.76. The minimum Gasteiger partial charge on any atom is -0.493 e. The van der Waals surface area contributed by atoms with Crippen LogP contribution >= 0.6 is 0 Å². The summed E-state index contributed by atoms with van der Waals surface area (Å²) in [7, 11) is 1.57. The van der Waals surface area contributed by atoms with Gasteiger partial charge in [-0.2, -0.15) is 0 Å². The molecule has 1 aromatic carbocycles. The Hall–Kier alpha value is -2.03. The van der Waals surface area contributed by atoms with Crippen LogP contribution in [0.3, 0.4) is 0 Å². The maximum atomic E-state index is 11.7. The molecule has 108 valence electrons. The number of esters is 1. The Morgan fingerprint density at radius 2 is 2.00 bits per heavy atom. The van der Waals surface area contributed by atoms with Crippen molar-refractivity contribution in [3.8, 4) is 11.5 Å². The third-order valence-electron chi connectivity index (χ3n) is 2.76. The summed E-state index contributed by atoms with van der Waals surface area (Å²) < 4.78 is 10.6.